The first kappa shape index (κ1) is 9.85. The van der Waals surface area contributed by atoms with E-state index in [4.69, 9.17) is 11.6 Å². The highest BCUT2D eigenvalue weighted by Gasteiger charge is 2.09. The van der Waals surface area contributed by atoms with Gasteiger partial charge >= 0.3 is 0 Å². The maximum Gasteiger partial charge on any atom is 0.0518 e. The smallest absolute Gasteiger partial charge is 0.0518 e. The molecule has 1 atom stereocenters. The average Bonchev–Trinajstić information content (AvgIpc) is 2.05. The molecular weight excluding hydrogens is 168 g/mol. The van der Waals surface area contributed by atoms with Gasteiger partial charge in [-0.2, -0.15) is 0 Å². The van der Waals surface area contributed by atoms with Gasteiger partial charge in [0.2, 0.25) is 0 Å². The summed E-state index contributed by atoms with van der Waals surface area (Å²) in [4.78, 5) is 0. The molecule has 1 rings (SSSR count). The van der Waals surface area contributed by atoms with Crippen LogP contribution < -0.4 is 0 Å². The Morgan fingerprint density at radius 1 is 1.67 bits per heavy atom. The molecule has 1 heteroatoms. The van der Waals surface area contributed by atoms with E-state index in [9.17, 15) is 0 Å². The van der Waals surface area contributed by atoms with Crippen molar-refractivity contribution in [2.75, 3.05) is 0 Å². The summed E-state index contributed by atoms with van der Waals surface area (Å²) in [7, 11) is 0. The van der Waals surface area contributed by atoms with Gasteiger partial charge in [0.15, 0.2) is 0 Å². The predicted octanol–water partition coefficient (Wildman–Crippen LogP) is 4.06. The maximum absolute atomic E-state index is 6.03. The lowest BCUT2D eigenvalue weighted by atomic mass is 9.95. The van der Waals surface area contributed by atoms with Crippen molar-refractivity contribution in [3.63, 3.8) is 0 Å². The van der Waals surface area contributed by atoms with Crippen LogP contribution in [0, 0.1) is 0 Å². The first-order chi connectivity index (χ1) is 5.83. The molecule has 0 heterocycles. The van der Waals surface area contributed by atoms with E-state index in [-0.39, 0.29) is 0 Å². The van der Waals surface area contributed by atoms with Gasteiger partial charge in [-0.15, -0.1) is 18.2 Å². The molecule has 0 spiro atoms. The highest BCUT2D eigenvalue weighted by molar-refractivity contribution is 6.21. The van der Waals surface area contributed by atoms with E-state index in [2.05, 4.69) is 12.7 Å². The van der Waals surface area contributed by atoms with Gasteiger partial charge in [-0.1, -0.05) is 17.7 Å². The molecule has 0 N–H and O–H groups in total. The van der Waals surface area contributed by atoms with E-state index in [1.165, 1.54) is 25.7 Å². The maximum atomic E-state index is 6.03. The normalized spacial score (nSPS) is 23.4. The van der Waals surface area contributed by atoms with Crippen LogP contribution in [-0.4, -0.2) is 5.38 Å². The zero-order valence-electron chi connectivity index (χ0n) is 7.56. The third kappa shape index (κ3) is 3.44. The first-order valence-electron chi connectivity index (χ1n) is 4.77. The minimum Gasteiger partial charge on any atom is -0.118 e. The minimum absolute atomic E-state index is 0.303. The summed E-state index contributed by atoms with van der Waals surface area (Å²) in [5.41, 5.74) is 1.56. The number of halogens is 1. The number of alkyl halides is 1. The third-order valence-corrected chi connectivity index (χ3v) is 2.64. The molecule has 1 aliphatic carbocycles. The molecule has 0 amide bonds. The summed E-state index contributed by atoms with van der Waals surface area (Å²) in [5, 5.41) is 0.303. The van der Waals surface area contributed by atoms with Crippen molar-refractivity contribution in [2.45, 2.75) is 43.9 Å². The molecule has 0 aliphatic heterocycles. The van der Waals surface area contributed by atoms with Crippen LogP contribution in [0.2, 0.25) is 0 Å². The van der Waals surface area contributed by atoms with Crippen LogP contribution in [0.15, 0.2) is 24.3 Å². The van der Waals surface area contributed by atoms with Crippen LogP contribution >= 0.6 is 11.6 Å². The van der Waals surface area contributed by atoms with Crippen molar-refractivity contribution in [1.29, 1.82) is 0 Å². The van der Waals surface area contributed by atoms with Gasteiger partial charge in [-0.05, 0) is 38.5 Å². The Morgan fingerprint density at radius 2 is 2.50 bits per heavy atom. The molecule has 0 aromatic carbocycles. The lowest BCUT2D eigenvalue weighted by molar-refractivity contribution is 0.666. The number of unbranched alkanes of at least 4 members (excludes halogenated alkanes) is 1. The van der Waals surface area contributed by atoms with Crippen LogP contribution in [0.3, 0.4) is 0 Å². The summed E-state index contributed by atoms with van der Waals surface area (Å²) in [6.45, 7) is 3.71. The highest BCUT2D eigenvalue weighted by Crippen LogP contribution is 2.25. The van der Waals surface area contributed by atoms with Crippen molar-refractivity contribution in [1.82, 2.24) is 0 Å². The summed E-state index contributed by atoms with van der Waals surface area (Å²) in [6, 6.07) is 0. The molecule has 0 saturated heterocycles. The topological polar surface area (TPSA) is 0 Å². The van der Waals surface area contributed by atoms with Crippen LogP contribution in [0.1, 0.15) is 38.5 Å². The van der Waals surface area contributed by atoms with Crippen LogP contribution in [0.5, 0.6) is 0 Å². The van der Waals surface area contributed by atoms with E-state index >= 15 is 0 Å². The molecule has 0 nitrogen and oxygen atoms in total. The molecule has 12 heavy (non-hydrogen) atoms. The lowest BCUT2D eigenvalue weighted by Gasteiger charge is -2.15. The Bertz CT molecular complexity index is 170. The zero-order chi connectivity index (χ0) is 8.81. The summed E-state index contributed by atoms with van der Waals surface area (Å²) < 4.78 is 0. The fourth-order valence-electron chi connectivity index (χ4n) is 1.63. The second-order valence-corrected chi connectivity index (χ2v) is 3.97. The number of hydrogen-bond acceptors (Lipinski definition) is 0. The van der Waals surface area contributed by atoms with E-state index < -0.39 is 0 Å². The predicted molar refractivity (Wildman–Crippen MR) is 55.6 cm³/mol. The van der Waals surface area contributed by atoms with Crippen molar-refractivity contribution in [3.8, 4) is 0 Å². The second kappa shape index (κ2) is 5.42. The summed E-state index contributed by atoms with van der Waals surface area (Å²) in [6.07, 6.45) is 11.5. The van der Waals surface area contributed by atoms with Crippen LogP contribution in [0.25, 0.3) is 0 Å². The van der Waals surface area contributed by atoms with Crippen LogP contribution in [0.4, 0.5) is 0 Å². The van der Waals surface area contributed by atoms with Gasteiger partial charge in [0.05, 0.1) is 5.38 Å². The van der Waals surface area contributed by atoms with Gasteiger partial charge in [0, 0.05) is 0 Å². The van der Waals surface area contributed by atoms with Crippen LogP contribution in [-0.2, 0) is 0 Å². The largest absolute Gasteiger partial charge is 0.118 e. The molecule has 1 aliphatic rings. The highest BCUT2D eigenvalue weighted by atomic mass is 35.5. The molecule has 0 bridgehead atoms. The lowest BCUT2D eigenvalue weighted by Crippen LogP contribution is -2.03. The summed E-state index contributed by atoms with van der Waals surface area (Å²) >= 11 is 6.03. The Balaban J connectivity index is 2.25. The standard InChI is InChI=1S/C11H17Cl/c1-2-3-4-6-10-7-5-8-11(12)9-10/h2,9,11H,1,3-8H2. The van der Waals surface area contributed by atoms with E-state index in [0.29, 0.717) is 5.38 Å². The van der Waals surface area contributed by atoms with Crippen molar-refractivity contribution < 1.29 is 0 Å². The van der Waals surface area contributed by atoms with E-state index in [1.54, 1.807) is 5.57 Å². The Labute approximate surface area is 80.3 Å². The minimum atomic E-state index is 0.303. The van der Waals surface area contributed by atoms with Gasteiger partial charge in [-0.25, -0.2) is 0 Å². The summed E-state index contributed by atoms with van der Waals surface area (Å²) in [5.74, 6) is 0. The fourth-order valence-corrected chi connectivity index (χ4v) is 1.96. The molecule has 0 aromatic rings. The Kier molecular flexibility index (Phi) is 4.45. The van der Waals surface area contributed by atoms with Gasteiger partial charge in [-0.3, -0.25) is 0 Å². The Hall–Kier alpha value is -0.230. The molecule has 0 radical (unpaired) electrons. The van der Waals surface area contributed by atoms with E-state index in [1.807, 2.05) is 6.08 Å². The van der Waals surface area contributed by atoms with Crippen molar-refractivity contribution >= 4 is 11.6 Å². The zero-order valence-corrected chi connectivity index (χ0v) is 8.32. The van der Waals surface area contributed by atoms with Crippen molar-refractivity contribution in [3.05, 3.63) is 24.3 Å². The second-order valence-electron chi connectivity index (χ2n) is 3.41. The molecule has 0 saturated carbocycles. The SMILES string of the molecule is C=CCCCC1=CC(Cl)CCC1. The average molecular weight is 185 g/mol. The van der Waals surface area contributed by atoms with Crippen molar-refractivity contribution in [2.24, 2.45) is 0 Å². The molecule has 68 valence electrons. The quantitative estimate of drug-likeness (QED) is 0.351. The number of allylic oxidation sites excluding steroid dienone is 3. The monoisotopic (exact) mass is 184 g/mol. The number of rotatable bonds is 4. The van der Waals surface area contributed by atoms with Gasteiger partial charge in [0.25, 0.3) is 0 Å². The number of hydrogen-bond donors (Lipinski definition) is 0. The van der Waals surface area contributed by atoms with Gasteiger partial charge in [0.1, 0.15) is 0 Å². The Morgan fingerprint density at radius 3 is 3.17 bits per heavy atom. The molecular formula is C11H17Cl. The van der Waals surface area contributed by atoms with E-state index in [0.717, 1.165) is 12.8 Å². The molecule has 1 unspecified atom stereocenters. The third-order valence-electron chi connectivity index (χ3n) is 2.30. The fraction of sp³-hybridized carbons (Fsp3) is 0.636. The van der Waals surface area contributed by atoms with Gasteiger partial charge < -0.3 is 0 Å². The molecule has 0 aromatic heterocycles. The first-order valence-corrected chi connectivity index (χ1v) is 5.21. The molecule has 0 fully saturated rings.